The molecule has 1 aromatic heterocycles. The smallest absolute Gasteiger partial charge is 0.0702 e. The summed E-state index contributed by atoms with van der Waals surface area (Å²) in [5, 5.41) is 0. The van der Waals surface area contributed by atoms with E-state index in [0.717, 1.165) is 6.42 Å². The number of halogens is 1. The predicted molar refractivity (Wildman–Crippen MR) is 96.8 cm³/mol. The molecule has 0 saturated carbocycles. The number of nitrogens with two attached hydrogens (primary N) is 1. The van der Waals surface area contributed by atoms with Crippen molar-refractivity contribution in [3.8, 4) is 0 Å². The van der Waals surface area contributed by atoms with Crippen molar-refractivity contribution in [3.05, 3.63) is 20.8 Å². The Morgan fingerprint density at radius 1 is 1.24 bits per heavy atom. The van der Waals surface area contributed by atoms with E-state index in [1.54, 1.807) is 0 Å². The third-order valence-corrected chi connectivity index (χ3v) is 7.21. The Hall–Kier alpha value is 0.1000. The van der Waals surface area contributed by atoms with E-state index in [0.29, 0.717) is 11.5 Å². The highest BCUT2D eigenvalue weighted by molar-refractivity contribution is 9.11. The SMILES string of the molecule is CCC(N)C(c1ccc(Br)s1)N1CCC(CC)(CC)CC1. The van der Waals surface area contributed by atoms with Gasteiger partial charge in [-0.25, -0.2) is 0 Å². The molecule has 4 heteroatoms. The molecule has 1 fully saturated rings. The second-order valence-electron chi connectivity index (χ2n) is 6.40. The molecular weight excluding hydrogens is 344 g/mol. The quantitative estimate of drug-likeness (QED) is 0.743. The van der Waals surface area contributed by atoms with Crippen LogP contribution in [-0.4, -0.2) is 24.0 Å². The van der Waals surface area contributed by atoms with Gasteiger partial charge < -0.3 is 5.73 Å². The summed E-state index contributed by atoms with van der Waals surface area (Å²) in [6, 6.07) is 5.02. The van der Waals surface area contributed by atoms with Crippen LogP contribution in [0, 0.1) is 5.41 Å². The number of piperidine rings is 1. The molecule has 2 rings (SSSR count). The molecule has 2 heterocycles. The highest BCUT2D eigenvalue weighted by Gasteiger charge is 2.36. The van der Waals surface area contributed by atoms with Crippen molar-refractivity contribution in [3.63, 3.8) is 0 Å². The molecule has 120 valence electrons. The molecule has 0 aliphatic carbocycles. The summed E-state index contributed by atoms with van der Waals surface area (Å²) >= 11 is 5.43. The molecule has 2 nitrogen and oxygen atoms in total. The van der Waals surface area contributed by atoms with Gasteiger partial charge in [0.05, 0.1) is 9.83 Å². The van der Waals surface area contributed by atoms with E-state index in [-0.39, 0.29) is 6.04 Å². The van der Waals surface area contributed by atoms with Gasteiger partial charge in [-0.1, -0.05) is 33.6 Å². The summed E-state index contributed by atoms with van der Waals surface area (Å²) in [5.41, 5.74) is 7.05. The van der Waals surface area contributed by atoms with Crippen LogP contribution in [0.15, 0.2) is 15.9 Å². The molecule has 2 N–H and O–H groups in total. The maximum atomic E-state index is 6.47. The Labute approximate surface area is 142 Å². The molecule has 1 saturated heterocycles. The molecule has 1 aliphatic heterocycles. The van der Waals surface area contributed by atoms with E-state index >= 15 is 0 Å². The Bertz CT molecular complexity index is 432. The summed E-state index contributed by atoms with van der Waals surface area (Å²) in [6.07, 6.45) is 6.29. The van der Waals surface area contributed by atoms with Gasteiger partial charge in [0, 0.05) is 10.9 Å². The number of thiophene rings is 1. The Kier molecular flexibility index (Phi) is 6.30. The summed E-state index contributed by atoms with van der Waals surface area (Å²) in [4.78, 5) is 4.05. The summed E-state index contributed by atoms with van der Waals surface area (Å²) in [7, 11) is 0. The van der Waals surface area contributed by atoms with Crippen LogP contribution in [0.2, 0.25) is 0 Å². The Morgan fingerprint density at radius 2 is 1.86 bits per heavy atom. The maximum Gasteiger partial charge on any atom is 0.0702 e. The predicted octanol–water partition coefficient (Wildman–Crippen LogP) is 5.19. The average Bonchev–Trinajstić information content (AvgIpc) is 2.94. The molecule has 0 bridgehead atoms. The first-order chi connectivity index (χ1) is 10.0. The number of hydrogen-bond acceptors (Lipinski definition) is 3. The van der Waals surface area contributed by atoms with Crippen LogP contribution in [-0.2, 0) is 0 Å². The molecule has 0 aromatic carbocycles. The fourth-order valence-electron chi connectivity index (χ4n) is 3.61. The lowest BCUT2D eigenvalue weighted by Gasteiger charge is -2.45. The lowest BCUT2D eigenvalue weighted by molar-refractivity contribution is 0.0574. The van der Waals surface area contributed by atoms with E-state index in [2.05, 4.69) is 53.7 Å². The minimum Gasteiger partial charge on any atom is -0.326 e. The second kappa shape index (κ2) is 7.58. The molecule has 1 aliphatic rings. The van der Waals surface area contributed by atoms with Gasteiger partial charge in [0.1, 0.15) is 0 Å². The molecule has 2 unspecified atom stereocenters. The maximum absolute atomic E-state index is 6.47. The van der Waals surface area contributed by atoms with Crippen LogP contribution >= 0.6 is 27.3 Å². The zero-order valence-electron chi connectivity index (χ0n) is 13.6. The van der Waals surface area contributed by atoms with Crippen molar-refractivity contribution < 1.29 is 0 Å². The zero-order valence-corrected chi connectivity index (χ0v) is 16.0. The third kappa shape index (κ3) is 3.90. The van der Waals surface area contributed by atoms with E-state index in [9.17, 15) is 0 Å². The number of hydrogen-bond donors (Lipinski definition) is 1. The number of nitrogens with zero attached hydrogens (tertiary/aromatic N) is 1. The van der Waals surface area contributed by atoms with Crippen molar-refractivity contribution in [2.24, 2.45) is 11.1 Å². The Balaban J connectivity index is 2.13. The first-order valence-electron chi connectivity index (χ1n) is 8.30. The molecule has 2 atom stereocenters. The fourth-order valence-corrected chi connectivity index (χ4v) is 5.24. The van der Waals surface area contributed by atoms with Crippen molar-refractivity contribution in [1.29, 1.82) is 0 Å². The van der Waals surface area contributed by atoms with Crippen molar-refractivity contribution in [2.45, 2.75) is 65.0 Å². The van der Waals surface area contributed by atoms with Crippen LogP contribution in [0.1, 0.15) is 63.8 Å². The molecule has 21 heavy (non-hydrogen) atoms. The molecule has 0 spiro atoms. The molecular formula is C17H29BrN2S. The van der Waals surface area contributed by atoms with E-state index in [1.165, 1.54) is 47.4 Å². The highest BCUT2D eigenvalue weighted by Crippen LogP contribution is 2.42. The monoisotopic (exact) mass is 372 g/mol. The third-order valence-electron chi connectivity index (χ3n) is 5.51. The summed E-state index contributed by atoms with van der Waals surface area (Å²) in [6.45, 7) is 9.29. The minimum absolute atomic E-state index is 0.228. The molecule has 1 aromatic rings. The number of likely N-dealkylation sites (tertiary alicyclic amines) is 1. The van der Waals surface area contributed by atoms with Crippen molar-refractivity contribution in [2.75, 3.05) is 13.1 Å². The summed E-state index contributed by atoms with van der Waals surface area (Å²) < 4.78 is 1.21. The zero-order chi connectivity index (χ0) is 15.5. The summed E-state index contributed by atoms with van der Waals surface area (Å²) in [5.74, 6) is 0. The largest absolute Gasteiger partial charge is 0.326 e. The van der Waals surface area contributed by atoms with E-state index < -0.39 is 0 Å². The fraction of sp³-hybridized carbons (Fsp3) is 0.765. The van der Waals surface area contributed by atoms with Crippen LogP contribution in [0.25, 0.3) is 0 Å². The van der Waals surface area contributed by atoms with Gasteiger partial charge in [0.15, 0.2) is 0 Å². The van der Waals surface area contributed by atoms with Gasteiger partial charge in [-0.2, -0.15) is 0 Å². The van der Waals surface area contributed by atoms with Gasteiger partial charge in [-0.05, 0) is 65.8 Å². The van der Waals surface area contributed by atoms with Crippen LogP contribution in [0.4, 0.5) is 0 Å². The van der Waals surface area contributed by atoms with Gasteiger partial charge in [0.2, 0.25) is 0 Å². The second-order valence-corrected chi connectivity index (χ2v) is 8.90. The van der Waals surface area contributed by atoms with Gasteiger partial charge in [-0.3, -0.25) is 4.90 Å². The van der Waals surface area contributed by atoms with Crippen molar-refractivity contribution >= 4 is 27.3 Å². The van der Waals surface area contributed by atoms with E-state index in [1.807, 2.05) is 11.3 Å². The van der Waals surface area contributed by atoms with Crippen LogP contribution < -0.4 is 5.73 Å². The Morgan fingerprint density at radius 3 is 2.29 bits per heavy atom. The lowest BCUT2D eigenvalue weighted by atomic mass is 9.74. The average molecular weight is 373 g/mol. The number of rotatable bonds is 6. The van der Waals surface area contributed by atoms with Crippen molar-refractivity contribution in [1.82, 2.24) is 4.90 Å². The van der Waals surface area contributed by atoms with E-state index in [4.69, 9.17) is 5.73 Å². The van der Waals surface area contributed by atoms with Crippen LogP contribution in [0.3, 0.4) is 0 Å². The standard InChI is InChI=1S/C17H29BrN2S/c1-4-13(19)16(14-7-8-15(18)21-14)20-11-9-17(5-2,6-3)10-12-20/h7-8,13,16H,4-6,9-12,19H2,1-3H3. The first-order valence-corrected chi connectivity index (χ1v) is 9.91. The first kappa shape index (κ1) is 17.5. The normalized spacial score (nSPS) is 22.1. The van der Waals surface area contributed by atoms with Gasteiger partial charge in [-0.15, -0.1) is 11.3 Å². The topological polar surface area (TPSA) is 29.3 Å². The highest BCUT2D eigenvalue weighted by atomic mass is 79.9. The minimum atomic E-state index is 0.228. The van der Waals surface area contributed by atoms with Gasteiger partial charge in [0.25, 0.3) is 0 Å². The lowest BCUT2D eigenvalue weighted by Crippen LogP contribution is -2.46. The molecule has 0 radical (unpaired) electrons. The van der Waals surface area contributed by atoms with Gasteiger partial charge >= 0.3 is 0 Å². The molecule has 0 amide bonds. The van der Waals surface area contributed by atoms with Crippen LogP contribution in [0.5, 0.6) is 0 Å².